The smallest absolute Gasteiger partial charge is 0.307 e. The molecule has 3 rings (SSSR count). The van der Waals surface area contributed by atoms with Crippen LogP contribution in [0.15, 0.2) is 36.5 Å². The molecule has 3 heteroatoms. The molecule has 3 nitrogen and oxygen atoms in total. The average molecular weight is 213 g/mol. The van der Waals surface area contributed by atoms with Crippen molar-refractivity contribution in [3.63, 3.8) is 0 Å². The van der Waals surface area contributed by atoms with Crippen molar-refractivity contribution < 1.29 is 9.90 Å². The number of nitrogens with zero attached hydrogens (tertiary/aromatic N) is 1. The summed E-state index contributed by atoms with van der Waals surface area (Å²) in [5.41, 5.74) is 2.08. The SMILES string of the molecule is O=C(O)[C@@H]1C[C@H]1c1ccc2ncccc2c1. The summed E-state index contributed by atoms with van der Waals surface area (Å²) in [6, 6.07) is 9.90. The highest BCUT2D eigenvalue weighted by Crippen LogP contribution is 2.47. The van der Waals surface area contributed by atoms with E-state index in [1.807, 2.05) is 24.3 Å². The monoisotopic (exact) mass is 213 g/mol. The van der Waals surface area contributed by atoms with Crippen molar-refractivity contribution in [2.24, 2.45) is 5.92 Å². The van der Waals surface area contributed by atoms with Gasteiger partial charge in [0.1, 0.15) is 0 Å². The fraction of sp³-hybridized carbons (Fsp3) is 0.231. The third kappa shape index (κ3) is 1.45. The topological polar surface area (TPSA) is 50.2 Å². The van der Waals surface area contributed by atoms with E-state index in [1.54, 1.807) is 6.20 Å². The Morgan fingerprint density at radius 2 is 2.25 bits per heavy atom. The summed E-state index contributed by atoms with van der Waals surface area (Å²) in [6.45, 7) is 0. The van der Waals surface area contributed by atoms with Gasteiger partial charge < -0.3 is 5.11 Å². The second kappa shape index (κ2) is 3.30. The molecule has 0 spiro atoms. The van der Waals surface area contributed by atoms with E-state index in [0.717, 1.165) is 22.9 Å². The zero-order chi connectivity index (χ0) is 11.1. The molecule has 1 aromatic heterocycles. The van der Waals surface area contributed by atoms with Crippen LogP contribution in [-0.2, 0) is 4.79 Å². The van der Waals surface area contributed by atoms with Crippen LogP contribution in [0.25, 0.3) is 10.9 Å². The van der Waals surface area contributed by atoms with Crippen molar-refractivity contribution in [1.29, 1.82) is 0 Å². The van der Waals surface area contributed by atoms with Crippen molar-refractivity contribution >= 4 is 16.9 Å². The van der Waals surface area contributed by atoms with Gasteiger partial charge in [0.25, 0.3) is 0 Å². The van der Waals surface area contributed by atoms with Gasteiger partial charge in [0.05, 0.1) is 11.4 Å². The zero-order valence-electron chi connectivity index (χ0n) is 8.63. The predicted octanol–water partition coefficient (Wildman–Crippen LogP) is 2.42. The summed E-state index contributed by atoms with van der Waals surface area (Å²) in [4.78, 5) is 15.0. The average Bonchev–Trinajstić information content (AvgIpc) is 3.08. The summed E-state index contributed by atoms with van der Waals surface area (Å²) in [7, 11) is 0. The molecule has 0 unspecified atom stereocenters. The molecule has 1 fully saturated rings. The lowest BCUT2D eigenvalue weighted by Crippen LogP contribution is -1.98. The first-order valence-electron chi connectivity index (χ1n) is 5.33. The predicted molar refractivity (Wildman–Crippen MR) is 60.2 cm³/mol. The lowest BCUT2D eigenvalue weighted by molar-refractivity contribution is -0.138. The Hall–Kier alpha value is -1.90. The minimum Gasteiger partial charge on any atom is -0.481 e. The highest BCUT2D eigenvalue weighted by atomic mass is 16.4. The van der Waals surface area contributed by atoms with Crippen LogP contribution >= 0.6 is 0 Å². The number of benzene rings is 1. The van der Waals surface area contributed by atoms with Crippen LogP contribution < -0.4 is 0 Å². The highest BCUT2D eigenvalue weighted by molar-refractivity contribution is 5.80. The normalized spacial score (nSPS) is 23.2. The maximum atomic E-state index is 10.8. The molecule has 0 radical (unpaired) electrons. The molecule has 0 saturated heterocycles. The van der Waals surface area contributed by atoms with E-state index in [9.17, 15) is 4.79 Å². The molecule has 1 aromatic carbocycles. The van der Waals surface area contributed by atoms with Crippen LogP contribution in [0.3, 0.4) is 0 Å². The van der Waals surface area contributed by atoms with Gasteiger partial charge in [0, 0.05) is 11.6 Å². The van der Waals surface area contributed by atoms with E-state index in [1.165, 1.54) is 0 Å². The lowest BCUT2D eigenvalue weighted by Gasteiger charge is -2.01. The van der Waals surface area contributed by atoms with E-state index in [2.05, 4.69) is 11.1 Å². The van der Waals surface area contributed by atoms with Gasteiger partial charge in [0.2, 0.25) is 0 Å². The molecule has 1 saturated carbocycles. The van der Waals surface area contributed by atoms with E-state index in [4.69, 9.17) is 5.11 Å². The van der Waals surface area contributed by atoms with Crippen LogP contribution in [0.4, 0.5) is 0 Å². The maximum absolute atomic E-state index is 10.8. The Labute approximate surface area is 92.7 Å². The molecule has 1 N–H and O–H groups in total. The second-order valence-corrected chi connectivity index (χ2v) is 4.24. The number of fused-ring (bicyclic) bond motifs is 1. The van der Waals surface area contributed by atoms with Crippen LogP contribution in [0.1, 0.15) is 17.9 Å². The minimum atomic E-state index is -0.684. The lowest BCUT2D eigenvalue weighted by atomic mass is 10.1. The van der Waals surface area contributed by atoms with Gasteiger partial charge in [-0.1, -0.05) is 12.1 Å². The number of hydrogen-bond donors (Lipinski definition) is 1. The fourth-order valence-electron chi connectivity index (χ4n) is 2.16. The van der Waals surface area contributed by atoms with Crippen molar-refractivity contribution in [3.05, 3.63) is 42.1 Å². The van der Waals surface area contributed by atoms with Crippen molar-refractivity contribution in [2.45, 2.75) is 12.3 Å². The first-order valence-corrected chi connectivity index (χ1v) is 5.33. The third-order valence-electron chi connectivity index (χ3n) is 3.16. The number of carboxylic acid groups (broad SMARTS) is 1. The number of hydrogen-bond acceptors (Lipinski definition) is 2. The zero-order valence-corrected chi connectivity index (χ0v) is 8.63. The fourth-order valence-corrected chi connectivity index (χ4v) is 2.16. The van der Waals surface area contributed by atoms with Gasteiger partial charge in [-0.3, -0.25) is 9.78 Å². The van der Waals surface area contributed by atoms with Crippen LogP contribution in [0.5, 0.6) is 0 Å². The number of carboxylic acids is 1. The first kappa shape index (κ1) is 9.33. The summed E-state index contributed by atoms with van der Waals surface area (Å²) in [5, 5.41) is 9.97. The number of pyridine rings is 1. The summed E-state index contributed by atoms with van der Waals surface area (Å²) in [6.07, 6.45) is 2.53. The Bertz CT molecular complexity index is 565. The molecular weight excluding hydrogens is 202 g/mol. The molecule has 0 aliphatic heterocycles. The summed E-state index contributed by atoms with van der Waals surface area (Å²) >= 11 is 0. The molecule has 16 heavy (non-hydrogen) atoms. The Morgan fingerprint density at radius 3 is 3.00 bits per heavy atom. The quantitative estimate of drug-likeness (QED) is 0.833. The van der Waals surface area contributed by atoms with Gasteiger partial charge in [-0.2, -0.15) is 0 Å². The third-order valence-corrected chi connectivity index (χ3v) is 3.16. The largest absolute Gasteiger partial charge is 0.481 e. The molecule has 1 aliphatic rings. The van der Waals surface area contributed by atoms with E-state index < -0.39 is 5.97 Å². The molecular formula is C13H11NO2. The standard InChI is InChI=1S/C13H11NO2/c15-13(16)11-7-10(11)8-3-4-12-9(6-8)2-1-5-14-12/h1-6,10-11H,7H2,(H,15,16)/t10-,11+/m0/s1. The molecule has 0 amide bonds. The van der Waals surface area contributed by atoms with Crippen LogP contribution in [-0.4, -0.2) is 16.1 Å². The van der Waals surface area contributed by atoms with E-state index >= 15 is 0 Å². The molecule has 0 bridgehead atoms. The molecule has 1 heterocycles. The number of aromatic nitrogens is 1. The van der Waals surface area contributed by atoms with Crippen LogP contribution in [0, 0.1) is 5.92 Å². The molecule has 2 aromatic rings. The summed E-state index contributed by atoms with van der Waals surface area (Å²) in [5.74, 6) is -0.674. The molecule has 2 atom stereocenters. The second-order valence-electron chi connectivity index (χ2n) is 4.24. The van der Waals surface area contributed by atoms with E-state index in [-0.39, 0.29) is 11.8 Å². The summed E-state index contributed by atoms with van der Waals surface area (Å²) < 4.78 is 0. The Morgan fingerprint density at radius 1 is 1.38 bits per heavy atom. The van der Waals surface area contributed by atoms with Gasteiger partial charge in [-0.25, -0.2) is 0 Å². The highest BCUT2D eigenvalue weighted by Gasteiger charge is 2.44. The van der Waals surface area contributed by atoms with Gasteiger partial charge in [-0.15, -0.1) is 0 Å². The number of rotatable bonds is 2. The van der Waals surface area contributed by atoms with Crippen molar-refractivity contribution in [2.75, 3.05) is 0 Å². The van der Waals surface area contributed by atoms with Gasteiger partial charge >= 0.3 is 5.97 Å². The van der Waals surface area contributed by atoms with Crippen LogP contribution in [0.2, 0.25) is 0 Å². The Kier molecular flexibility index (Phi) is 1.93. The number of aliphatic carboxylic acids is 1. The number of carbonyl (C=O) groups is 1. The van der Waals surface area contributed by atoms with Crippen molar-refractivity contribution in [1.82, 2.24) is 4.98 Å². The van der Waals surface area contributed by atoms with Crippen molar-refractivity contribution in [3.8, 4) is 0 Å². The maximum Gasteiger partial charge on any atom is 0.307 e. The minimum absolute atomic E-state index is 0.186. The molecule has 1 aliphatic carbocycles. The van der Waals surface area contributed by atoms with Gasteiger partial charge in [-0.05, 0) is 36.1 Å². The molecule has 80 valence electrons. The van der Waals surface area contributed by atoms with E-state index in [0.29, 0.717) is 0 Å². The van der Waals surface area contributed by atoms with Gasteiger partial charge in [0.15, 0.2) is 0 Å². The Balaban J connectivity index is 1.98. The first-order chi connectivity index (χ1) is 7.75.